The summed E-state index contributed by atoms with van der Waals surface area (Å²) in [6, 6.07) is 11.0. The zero-order chi connectivity index (χ0) is 14.2. The van der Waals surface area contributed by atoms with E-state index in [1.54, 1.807) is 30.5 Å². The molecular formula is C16H17ClN2O. The molecule has 0 atom stereocenters. The first-order valence-electron chi connectivity index (χ1n) is 6.68. The van der Waals surface area contributed by atoms with Crippen LogP contribution in [0.3, 0.4) is 0 Å². The predicted octanol–water partition coefficient (Wildman–Crippen LogP) is 3.49. The Balaban J connectivity index is 1.67. The van der Waals surface area contributed by atoms with E-state index in [9.17, 15) is 4.79 Å². The molecule has 0 radical (unpaired) electrons. The number of hydrogen-bond donors (Lipinski definition) is 1. The zero-order valence-corrected chi connectivity index (χ0v) is 11.9. The monoisotopic (exact) mass is 288 g/mol. The molecule has 0 fully saturated rings. The topological polar surface area (TPSA) is 42.0 Å². The van der Waals surface area contributed by atoms with Crippen LogP contribution in [0.4, 0.5) is 0 Å². The highest BCUT2D eigenvalue weighted by Gasteiger charge is 2.04. The molecule has 1 amide bonds. The molecule has 0 spiro atoms. The molecule has 1 N–H and O–H groups in total. The van der Waals surface area contributed by atoms with E-state index in [2.05, 4.69) is 16.4 Å². The van der Waals surface area contributed by atoms with Gasteiger partial charge in [-0.05, 0) is 49.1 Å². The normalized spacial score (nSPS) is 10.2. The summed E-state index contributed by atoms with van der Waals surface area (Å²) in [7, 11) is 0. The molecule has 0 aliphatic carbocycles. The number of carbonyl (C=O) groups excluding carboxylic acids is 1. The van der Waals surface area contributed by atoms with Crippen molar-refractivity contribution in [3.63, 3.8) is 0 Å². The van der Waals surface area contributed by atoms with Crippen LogP contribution in [-0.4, -0.2) is 17.4 Å². The molecule has 4 heteroatoms. The zero-order valence-electron chi connectivity index (χ0n) is 11.2. The number of halogens is 1. The summed E-state index contributed by atoms with van der Waals surface area (Å²) >= 11 is 5.85. The van der Waals surface area contributed by atoms with Crippen LogP contribution >= 0.6 is 11.6 Å². The van der Waals surface area contributed by atoms with Crippen LogP contribution in [-0.2, 0) is 6.42 Å². The minimum absolute atomic E-state index is 0.0751. The van der Waals surface area contributed by atoms with E-state index in [-0.39, 0.29) is 5.91 Å². The molecule has 20 heavy (non-hydrogen) atoms. The Kier molecular flexibility index (Phi) is 5.56. The molecule has 3 nitrogen and oxygen atoms in total. The largest absolute Gasteiger partial charge is 0.352 e. The summed E-state index contributed by atoms with van der Waals surface area (Å²) in [5.41, 5.74) is 1.83. The quantitative estimate of drug-likeness (QED) is 0.827. The molecule has 0 saturated carbocycles. The lowest BCUT2D eigenvalue weighted by Crippen LogP contribution is -2.24. The third-order valence-corrected chi connectivity index (χ3v) is 3.22. The van der Waals surface area contributed by atoms with E-state index in [0.29, 0.717) is 17.1 Å². The number of pyridine rings is 1. The van der Waals surface area contributed by atoms with Gasteiger partial charge < -0.3 is 5.32 Å². The third-order valence-electron chi connectivity index (χ3n) is 2.99. The molecular weight excluding hydrogens is 272 g/mol. The molecule has 1 aromatic carbocycles. The van der Waals surface area contributed by atoms with Gasteiger partial charge in [0, 0.05) is 29.5 Å². The highest BCUT2D eigenvalue weighted by molar-refractivity contribution is 6.30. The Labute approximate surface area is 124 Å². The first-order valence-corrected chi connectivity index (χ1v) is 7.06. The molecule has 1 aromatic heterocycles. The lowest BCUT2D eigenvalue weighted by atomic mass is 10.1. The van der Waals surface area contributed by atoms with Crippen LogP contribution in [0.25, 0.3) is 0 Å². The standard InChI is InChI=1S/C16H17ClN2O/c17-15-8-3-7-14(11-15)16(20)19-10-2-1-5-13-6-4-9-18-12-13/h3-4,6-9,11-12H,1-2,5,10H2,(H,19,20). The van der Waals surface area contributed by atoms with Gasteiger partial charge in [0.1, 0.15) is 0 Å². The molecule has 0 saturated heterocycles. The van der Waals surface area contributed by atoms with E-state index in [1.165, 1.54) is 5.56 Å². The Hall–Kier alpha value is -1.87. The van der Waals surface area contributed by atoms with Gasteiger partial charge in [-0.25, -0.2) is 0 Å². The Morgan fingerprint density at radius 3 is 2.85 bits per heavy atom. The molecule has 1 heterocycles. The van der Waals surface area contributed by atoms with Crippen LogP contribution < -0.4 is 5.32 Å². The lowest BCUT2D eigenvalue weighted by Gasteiger charge is -2.05. The van der Waals surface area contributed by atoms with E-state index in [1.807, 2.05) is 12.3 Å². The number of nitrogens with zero attached hydrogens (tertiary/aromatic N) is 1. The number of hydrogen-bond acceptors (Lipinski definition) is 2. The van der Waals surface area contributed by atoms with Gasteiger partial charge in [0.25, 0.3) is 5.91 Å². The number of nitrogens with one attached hydrogen (secondary N) is 1. The van der Waals surface area contributed by atoms with Gasteiger partial charge in [0.15, 0.2) is 0 Å². The van der Waals surface area contributed by atoms with E-state index >= 15 is 0 Å². The molecule has 2 rings (SSSR count). The van der Waals surface area contributed by atoms with Crippen molar-refractivity contribution in [1.29, 1.82) is 0 Å². The number of carbonyl (C=O) groups is 1. The number of aryl methyl sites for hydroxylation is 1. The maximum atomic E-state index is 11.9. The number of unbranched alkanes of at least 4 members (excludes halogenated alkanes) is 1. The fourth-order valence-corrected chi connectivity index (χ4v) is 2.12. The average molecular weight is 289 g/mol. The smallest absolute Gasteiger partial charge is 0.251 e. The van der Waals surface area contributed by atoms with E-state index in [0.717, 1.165) is 19.3 Å². The van der Waals surface area contributed by atoms with Crippen LogP contribution in [0.15, 0.2) is 48.8 Å². The van der Waals surface area contributed by atoms with Gasteiger partial charge in [-0.3, -0.25) is 9.78 Å². The number of benzene rings is 1. The Bertz CT molecular complexity index is 557. The summed E-state index contributed by atoms with van der Waals surface area (Å²) in [5, 5.41) is 3.48. The van der Waals surface area contributed by atoms with Crippen LogP contribution in [0.1, 0.15) is 28.8 Å². The van der Waals surface area contributed by atoms with Gasteiger partial charge in [-0.15, -0.1) is 0 Å². The average Bonchev–Trinajstić information content (AvgIpc) is 2.48. The summed E-state index contributed by atoms with van der Waals surface area (Å²) < 4.78 is 0. The maximum Gasteiger partial charge on any atom is 0.251 e. The van der Waals surface area contributed by atoms with E-state index < -0.39 is 0 Å². The Morgan fingerprint density at radius 2 is 2.10 bits per heavy atom. The first kappa shape index (κ1) is 14.5. The van der Waals surface area contributed by atoms with Crippen LogP contribution in [0, 0.1) is 0 Å². The number of rotatable bonds is 6. The van der Waals surface area contributed by atoms with E-state index in [4.69, 9.17) is 11.6 Å². The fourth-order valence-electron chi connectivity index (χ4n) is 1.93. The highest BCUT2D eigenvalue weighted by Crippen LogP contribution is 2.10. The molecule has 0 unspecified atom stereocenters. The highest BCUT2D eigenvalue weighted by atomic mass is 35.5. The van der Waals surface area contributed by atoms with Crippen LogP contribution in [0.2, 0.25) is 5.02 Å². The number of aromatic nitrogens is 1. The molecule has 0 aliphatic rings. The fraction of sp³-hybridized carbons (Fsp3) is 0.250. The molecule has 104 valence electrons. The van der Waals surface area contributed by atoms with Gasteiger partial charge in [-0.1, -0.05) is 23.7 Å². The SMILES string of the molecule is O=C(NCCCCc1cccnc1)c1cccc(Cl)c1. The van der Waals surface area contributed by atoms with Gasteiger partial charge >= 0.3 is 0 Å². The minimum Gasteiger partial charge on any atom is -0.352 e. The second kappa shape index (κ2) is 7.65. The van der Waals surface area contributed by atoms with Crippen molar-refractivity contribution in [3.8, 4) is 0 Å². The van der Waals surface area contributed by atoms with Gasteiger partial charge in [0.05, 0.1) is 0 Å². The number of amides is 1. The third kappa shape index (κ3) is 4.67. The maximum absolute atomic E-state index is 11.9. The predicted molar refractivity (Wildman–Crippen MR) is 81.0 cm³/mol. The van der Waals surface area contributed by atoms with Gasteiger partial charge in [0.2, 0.25) is 0 Å². The summed E-state index contributed by atoms with van der Waals surface area (Å²) in [6.07, 6.45) is 6.61. The van der Waals surface area contributed by atoms with Gasteiger partial charge in [-0.2, -0.15) is 0 Å². The minimum atomic E-state index is -0.0751. The first-order chi connectivity index (χ1) is 9.75. The molecule has 2 aromatic rings. The summed E-state index contributed by atoms with van der Waals surface area (Å²) in [5.74, 6) is -0.0751. The van der Waals surface area contributed by atoms with Crippen molar-refractivity contribution in [2.24, 2.45) is 0 Å². The molecule has 0 aliphatic heterocycles. The van der Waals surface area contributed by atoms with Crippen molar-refractivity contribution in [2.75, 3.05) is 6.54 Å². The van der Waals surface area contributed by atoms with Crippen molar-refractivity contribution in [1.82, 2.24) is 10.3 Å². The Morgan fingerprint density at radius 1 is 1.20 bits per heavy atom. The summed E-state index contributed by atoms with van der Waals surface area (Å²) in [4.78, 5) is 15.9. The van der Waals surface area contributed by atoms with Crippen molar-refractivity contribution in [2.45, 2.75) is 19.3 Å². The summed E-state index contributed by atoms with van der Waals surface area (Å²) in [6.45, 7) is 0.672. The second-order valence-corrected chi connectivity index (χ2v) is 5.02. The van der Waals surface area contributed by atoms with Crippen LogP contribution in [0.5, 0.6) is 0 Å². The van der Waals surface area contributed by atoms with Crippen molar-refractivity contribution in [3.05, 3.63) is 64.9 Å². The van der Waals surface area contributed by atoms with Crippen molar-refractivity contribution < 1.29 is 4.79 Å². The molecule has 0 bridgehead atoms. The second-order valence-electron chi connectivity index (χ2n) is 4.58. The van der Waals surface area contributed by atoms with Crippen molar-refractivity contribution >= 4 is 17.5 Å². The lowest BCUT2D eigenvalue weighted by molar-refractivity contribution is 0.0953.